The number of benzene rings is 1. The number of aliphatic imine (C=N–C) groups is 1. The maximum Gasteiger partial charge on any atom is 0.346 e. The van der Waals surface area contributed by atoms with Gasteiger partial charge in [-0.05, 0) is 19.1 Å². The zero-order valence-electron chi connectivity index (χ0n) is 15.7. The molecule has 4 atom stereocenters. The molecule has 0 saturated carbocycles. The van der Waals surface area contributed by atoms with E-state index in [-0.39, 0.29) is 36.2 Å². The van der Waals surface area contributed by atoms with Crippen molar-refractivity contribution in [2.45, 2.75) is 43.0 Å². The fourth-order valence-corrected chi connectivity index (χ4v) is 4.34. The average molecular weight is 403 g/mol. The summed E-state index contributed by atoms with van der Waals surface area (Å²) in [5, 5.41) is 28.1. The maximum absolute atomic E-state index is 12.5. The van der Waals surface area contributed by atoms with Crippen LogP contribution in [0.25, 0.3) is 0 Å². The predicted molar refractivity (Wildman–Crippen MR) is 101 cm³/mol. The summed E-state index contributed by atoms with van der Waals surface area (Å²) in [6, 6.07) is 6.71. The molecule has 0 aliphatic carbocycles. The molecule has 4 rings (SSSR count). The van der Waals surface area contributed by atoms with Crippen molar-refractivity contribution >= 4 is 23.7 Å². The second-order valence-corrected chi connectivity index (χ2v) is 7.49. The molecule has 3 heterocycles. The van der Waals surface area contributed by atoms with Gasteiger partial charge in [0.05, 0.1) is 5.56 Å². The summed E-state index contributed by atoms with van der Waals surface area (Å²) in [7, 11) is 0. The van der Waals surface area contributed by atoms with E-state index in [4.69, 9.17) is 16.2 Å². The minimum atomic E-state index is -2.60. The first kappa shape index (κ1) is 19.2. The van der Waals surface area contributed by atoms with Crippen molar-refractivity contribution < 1.29 is 29.1 Å². The summed E-state index contributed by atoms with van der Waals surface area (Å²) in [5.74, 6) is -3.39. The van der Waals surface area contributed by atoms with Crippen LogP contribution in [0, 0.1) is 0 Å². The van der Waals surface area contributed by atoms with Crippen LogP contribution in [0.1, 0.15) is 23.7 Å². The number of nitrogens with zero attached hydrogens (tertiary/aromatic N) is 2. The van der Waals surface area contributed by atoms with Crippen molar-refractivity contribution in [3.05, 3.63) is 35.9 Å². The fraction of sp³-hybridized carbons (Fsp3) is 0.444. The highest BCUT2D eigenvalue weighted by atomic mass is 16.6. The number of guanidine groups is 2. The molecule has 0 bridgehead atoms. The van der Waals surface area contributed by atoms with Crippen LogP contribution >= 0.6 is 0 Å². The van der Waals surface area contributed by atoms with Gasteiger partial charge in [0.1, 0.15) is 24.4 Å². The molecule has 1 unspecified atom stereocenters. The van der Waals surface area contributed by atoms with E-state index in [1.807, 2.05) is 0 Å². The number of ketones is 1. The van der Waals surface area contributed by atoms with Gasteiger partial charge in [0.15, 0.2) is 12.1 Å². The van der Waals surface area contributed by atoms with Crippen molar-refractivity contribution in [2.24, 2.45) is 16.5 Å². The molecular weight excluding hydrogens is 380 g/mol. The Morgan fingerprint density at radius 1 is 1.31 bits per heavy atom. The highest BCUT2D eigenvalue weighted by Gasteiger charge is 2.76. The molecule has 3 aliphatic heterocycles. The van der Waals surface area contributed by atoms with Gasteiger partial charge in [-0.25, -0.2) is 14.4 Å². The number of hydrogen-bond acceptors (Lipinski definition) is 10. The van der Waals surface area contributed by atoms with E-state index in [2.05, 4.69) is 15.6 Å². The van der Waals surface area contributed by atoms with Crippen molar-refractivity contribution in [3.8, 4) is 0 Å². The largest absolute Gasteiger partial charge is 0.449 e. The van der Waals surface area contributed by atoms with Crippen LogP contribution in [0.3, 0.4) is 0 Å². The second-order valence-electron chi connectivity index (χ2n) is 7.49. The van der Waals surface area contributed by atoms with Crippen molar-refractivity contribution in [2.75, 3.05) is 6.54 Å². The van der Waals surface area contributed by atoms with E-state index < -0.39 is 35.6 Å². The molecule has 0 aromatic heterocycles. The van der Waals surface area contributed by atoms with E-state index in [1.54, 1.807) is 30.3 Å². The van der Waals surface area contributed by atoms with E-state index in [0.717, 1.165) is 0 Å². The summed E-state index contributed by atoms with van der Waals surface area (Å²) in [4.78, 5) is 28.5. The molecule has 0 radical (unpaired) electrons. The number of nitrogens with two attached hydrogens (primary N) is 2. The van der Waals surface area contributed by atoms with Gasteiger partial charge in [0.2, 0.25) is 5.66 Å². The topological polar surface area (TPSA) is 175 Å². The molecule has 154 valence electrons. The minimum absolute atomic E-state index is 0.0347. The number of carbonyl (C=O) groups excluding carboxylic acids is 2. The third-order valence-electron chi connectivity index (χ3n) is 5.58. The molecule has 8 N–H and O–H groups in total. The number of Topliss-reactive ketones (excluding diaryl/α,β-unsaturated/α-hetero) is 1. The summed E-state index contributed by atoms with van der Waals surface area (Å²) in [5.41, 5.74) is 10.6. The first-order chi connectivity index (χ1) is 13.7. The van der Waals surface area contributed by atoms with Crippen molar-refractivity contribution in [3.63, 3.8) is 0 Å². The number of esters is 1. The average Bonchev–Trinajstić information content (AvgIpc) is 3.12. The highest BCUT2D eigenvalue weighted by Crippen LogP contribution is 2.43. The molecule has 1 aromatic rings. The van der Waals surface area contributed by atoms with E-state index in [1.165, 1.54) is 11.5 Å². The van der Waals surface area contributed by atoms with Crippen LogP contribution in [0.4, 0.5) is 0 Å². The van der Waals surface area contributed by atoms with Gasteiger partial charge < -0.3 is 26.0 Å². The third kappa shape index (κ3) is 2.73. The molecule has 1 fully saturated rings. The second kappa shape index (κ2) is 6.42. The Morgan fingerprint density at radius 2 is 2.00 bits per heavy atom. The normalized spacial score (nSPS) is 31.8. The van der Waals surface area contributed by atoms with Crippen molar-refractivity contribution in [1.82, 2.24) is 10.6 Å². The first-order valence-corrected chi connectivity index (χ1v) is 9.15. The highest BCUT2D eigenvalue weighted by molar-refractivity contribution is 5.89. The summed E-state index contributed by atoms with van der Waals surface area (Å²) >= 11 is 0. The molecule has 3 aliphatic rings. The summed E-state index contributed by atoms with van der Waals surface area (Å²) in [6.45, 7) is 1.29. The molecule has 1 saturated heterocycles. The van der Waals surface area contributed by atoms with Crippen LogP contribution in [-0.4, -0.2) is 74.6 Å². The van der Waals surface area contributed by atoms with Gasteiger partial charge in [0, 0.05) is 6.42 Å². The summed E-state index contributed by atoms with van der Waals surface area (Å²) in [6.07, 6.45) is -1.31. The van der Waals surface area contributed by atoms with Gasteiger partial charge in [-0.2, -0.15) is 0 Å². The predicted octanol–water partition coefficient (Wildman–Crippen LogP) is -2.83. The van der Waals surface area contributed by atoms with Gasteiger partial charge >= 0.3 is 11.9 Å². The Kier molecular flexibility index (Phi) is 4.24. The Morgan fingerprint density at radius 3 is 2.66 bits per heavy atom. The van der Waals surface area contributed by atoms with Crippen LogP contribution in [0.5, 0.6) is 0 Å². The monoisotopic (exact) mass is 403 g/mol. The molecule has 1 spiro atoms. The number of nitrogens with one attached hydrogen (secondary N) is 2. The quantitative estimate of drug-likeness (QED) is 0.176. The lowest BCUT2D eigenvalue weighted by Crippen LogP contribution is -2.78. The Hall–Kier alpha value is -3.18. The lowest BCUT2D eigenvalue weighted by Gasteiger charge is -2.43. The molecular formula is C18H23N6O5+. The zero-order valence-corrected chi connectivity index (χ0v) is 15.7. The molecule has 1 aromatic carbocycles. The van der Waals surface area contributed by atoms with Gasteiger partial charge in [0.25, 0.3) is 5.79 Å². The van der Waals surface area contributed by atoms with Gasteiger partial charge in [-0.15, -0.1) is 0 Å². The van der Waals surface area contributed by atoms with E-state index in [9.17, 15) is 19.8 Å². The van der Waals surface area contributed by atoms with Gasteiger partial charge in [-0.1, -0.05) is 18.2 Å². The number of ether oxygens (including phenoxy) is 1. The first-order valence-electron chi connectivity index (χ1n) is 9.15. The molecule has 11 nitrogen and oxygen atoms in total. The van der Waals surface area contributed by atoms with E-state index in [0.29, 0.717) is 0 Å². The third-order valence-corrected chi connectivity index (χ3v) is 5.58. The van der Waals surface area contributed by atoms with Crippen molar-refractivity contribution in [1.29, 1.82) is 0 Å². The number of carbonyl (C=O) groups is 2. The Bertz CT molecular complexity index is 930. The molecule has 29 heavy (non-hydrogen) atoms. The SMILES string of the molecule is CC(=O)CC1NC(N)=[N+]2C[C@H](OC(=O)c3ccccc3)C(O)(O)[C@@]23NC(N)=N[C@@H]13. The number of hydrogen-bond donors (Lipinski definition) is 6. The number of rotatable bonds is 4. The van der Waals surface area contributed by atoms with Crippen LogP contribution in [0.2, 0.25) is 0 Å². The number of aliphatic hydroxyl groups is 2. The lowest BCUT2D eigenvalue weighted by atomic mass is 9.84. The van der Waals surface area contributed by atoms with Crippen LogP contribution in [0.15, 0.2) is 35.3 Å². The standard InChI is InChI=1S/C18H22N6O5/c1-9(25)7-11-13-17(23-15(19)22-13)18(27,28)12(8-24(17)16(20)21-11)29-14(26)10-5-3-2-4-6-10/h2-6,11-13,27-28H,7-8H2,1H3,(H5,19,20,21,22,23)/p+1/t11?,12-,13-,17-/m0/s1. The lowest BCUT2D eigenvalue weighted by molar-refractivity contribution is -0.623. The fourth-order valence-electron chi connectivity index (χ4n) is 4.34. The molecule has 0 amide bonds. The van der Waals surface area contributed by atoms with Crippen LogP contribution in [-0.2, 0) is 9.53 Å². The zero-order chi connectivity index (χ0) is 21.0. The molecule has 11 heteroatoms. The Balaban J connectivity index is 1.71. The van der Waals surface area contributed by atoms with Crippen LogP contribution < -0.4 is 22.1 Å². The minimum Gasteiger partial charge on any atom is -0.449 e. The smallest absolute Gasteiger partial charge is 0.346 e. The van der Waals surface area contributed by atoms with Gasteiger partial charge in [-0.3, -0.25) is 15.8 Å². The summed E-state index contributed by atoms with van der Waals surface area (Å²) < 4.78 is 6.86. The van der Waals surface area contributed by atoms with E-state index >= 15 is 0 Å². The maximum atomic E-state index is 12.5. The Labute approximate surface area is 166 Å².